The zero-order chi connectivity index (χ0) is 21.0. The van der Waals surface area contributed by atoms with E-state index in [1.54, 1.807) is 41.2 Å². The quantitative estimate of drug-likeness (QED) is 0.629. The zero-order valence-corrected chi connectivity index (χ0v) is 19.1. The van der Waals surface area contributed by atoms with Crippen molar-refractivity contribution in [2.24, 2.45) is 4.99 Å². The van der Waals surface area contributed by atoms with Crippen LogP contribution in [0.1, 0.15) is 37.8 Å². The predicted octanol–water partition coefficient (Wildman–Crippen LogP) is 4.00. The van der Waals surface area contributed by atoms with Gasteiger partial charge in [0.25, 0.3) is 0 Å². The predicted molar refractivity (Wildman–Crippen MR) is 119 cm³/mol. The van der Waals surface area contributed by atoms with Crippen molar-refractivity contribution in [3.63, 3.8) is 0 Å². The van der Waals surface area contributed by atoms with Gasteiger partial charge in [0.15, 0.2) is 4.80 Å². The van der Waals surface area contributed by atoms with Gasteiger partial charge in [-0.25, -0.2) is 13.4 Å². The van der Waals surface area contributed by atoms with Crippen LogP contribution in [0.4, 0.5) is 5.69 Å². The molecule has 0 amide bonds. The Hall–Kier alpha value is -1.74. The molecule has 4 rings (SSSR count). The monoisotopic (exact) mass is 447 g/mol. The molecular formula is C22H29N3O3S2. The van der Waals surface area contributed by atoms with Gasteiger partial charge in [0, 0.05) is 30.7 Å². The van der Waals surface area contributed by atoms with Crippen LogP contribution in [-0.2, 0) is 21.3 Å². The standard InChI is InChI=1S/C22H29N3O3S2/c1-18-17-29-22(25(18)12-11-19-5-3-2-4-6-19)23-20-7-9-21(10-8-20)30(26,27)24-13-15-28-16-14-24/h5,7-10,17H,2-4,6,11-16H2,1H3. The number of aromatic nitrogens is 1. The topological polar surface area (TPSA) is 63.9 Å². The van der Waals surface area contributed by atoms with E-state index in [4.69, 9.17) is 9.73 Å². The molecule has 1 fully saturated rings. The number of ether oxygens (including phenoxy) is 1. The fourth-order valence-electron chi connectivity index (χ4n) is 3.90. The van der Waals surface area contributed by atoms with E-state index in [1.807, 2.05) is 0 Å². The van der Waals surface area contributed by atoms with Gasteiger partial charge in [0.2, 0.25) is 10.0 Å². The van der Waals surface area contributed by atoms with E-state index in [2.05, 4.69) is 22.9 Å². The third kappa shape index (κ3) is 4.94. The third-order valence-electron chi connectivity index (χ3n) is 5.70. The molecular weight excluding hydrogens is 418 g/mol. The number of thiazole rings is 1. The summed E-state index contributed by atoms with van der Waals surface area (Å²) in [4.78, 5) is 6.05. The van der Waals surface area contributed by atoms with Gasteiger partial charge >= 0.3 is 0 Å². The molecule has 0 bridgehead atoms. The molecule has 1 aromatic carbocycles. The summed E-state index contributed by atoms with van der Waals surface area (Å²) in [6.45, 7) is 4.74. The average molecular weight is 448 g/mol. The minimum atomic E-state index is -3.47. The first-order valence-electron chi connectivity index (χ1n) is 10.6. The Labute approximate surface area is 182 Å². The Balaban J connectivity index is 1.52. The lowest BCUT2D eigenvalue weighted by molar-refractivity contribution is 0.0730. The summed E-state index contributed by atoms with van der Waals surface area (Å²) < 4.78 is 34.6. The first-order chi connectivity index (χ1) is 14.5. The van der Waals surface area contributed by atoms with Crippen LogP contribution in [0.3, 0.4) is 0 Å². The molecule has 1 aromatic heterocycles. The SMILES string of the molecule is Cc1csc(=Nc2ccc(S(=O)(=O)N3CCOCC3)cc2)n1CCC1=CCCCC1. The van der Waals surface area contributed by atoms with Crippen molar-refractivity contribution in [3.05, 3.63) is 51.8 Å². The Morgan fingerprint density at radius 3 is 2.60 bits per heavy atom. The van der Waals surface area contributed by atoms with Crippen molar-refractivity contribution < 1.29 is 13.2 Å². The molecule has 2 aromatic rings. The summed E-state index contributed by atoms with van der Waals surface area (Å²) in [5.41, 5.74) is 3.54. The van der Waals surface area contributed by atoms with Crippen LogP contribution >= 0.6 is 11.3 Å². The van der Waals surface area contributed by atoms with Crippen LogP contribution in [-0.4, -0.2) is 43.6 Å². The molecule has 1 aliphatic heterocycles. The minimum absolute atomic E-state index is 0.308. The highest BCUT2D eigenvalue weighted by atomic mass is 32.2. The van der Waals surface area contributed by atoms with Crippen molar-refractivity contribution >= 4 is 27.0 Å². The van der Waals surface area contributed by atoms with Crippen LogP contribution in [0.25, 0.3) is 0 Å². The fraction of sp³-hybridized carbons (Fsp3) is 0.500. The smallest absolute Gasteiger partial charge is 0.243 e. The summed E-state index contributed by atoms with van der Waals surface area (Å²) in [7, 11) is -3.47. The van der Waals surface area contributed by atoms with E-state index in [9.17, 15) is 8.42 Å². The molecule has 2 aliphatic rings. The number of nitrogens with zero attached hydrogens (tertiary/aromatic N) is 3. The molecule has 162 valence electrons. The number of allylic oxidation sites excluding steroid dienone is 2. The van der Waals surface area contributed by atoms with Crippen LogP contribution < -0.4 is 4.80 Å². The lowest BCUT2D eigenvalue weighted by Gasteiger charge is -2.26. The molecule has 0 spiro atoms. The molecule has 0 unspecified atom stereocenters. The van der Waals surface area contributed by atoms with E-state index in [0.29, 0.717) is 31.2 Å². The summed E-state index contributed by atoms with van der Waals surface area (Å²) in [6, 6.07) is 6.88. The highest BCUT2D eigenvalue weighted by molar-refractivity contribution is 7.89. The van der Waals surface area contributed by atoms with E-state index in [-0.39, 0.29) is 0 Å². The molecule has 0 radical (unpaired) electrons. The van der Waals surface area contributed by atoms with Gasteiger partial charge in [-0.3, -0.25) is 0 Å². The molecule has 8 heteroatoms. The lowest BCUT2D eigenvalue weighted by Crippen LogP contribution is -2.40. The minimum Gasteiger partial charge on any atom is -0.379 e. The maximum Gasteiger partial charge on any atom is 0.243 e. The first kappa shape index (κ1) is 21.5. The Morgan fingerprint density at radius 2 is 1.90 bits per heavy atom. The molecule has 0 saturated carbocycles. The number of rotatable bonds is 6. The van der Waals surface area contributed by atoms with Crippen LogP contribution in [0.15, 0.2) is 51.2 Å². The number of hydrogen-bond acceptors (Lipinski definition) is 5. The highest BCUT2D eigenvalue weighted by Crippen LogP contribution is 2.22. The Kier molecular flexibility index (Phi) is 6.87. The maximum atomic E-state index is 12.8. The van der Waals surface area contributed by atoms with Gasteiger partial charge in [0.05, 0.1) is 23.8 Å². The van der Waals surface area contributed by atoms with Crippen molar-refractivity contribution in [1.82, 2.24) is 8.87 Å². The molecule has 1 saturated heterocycles. The number of benzene rings is 1. The summed E-state index contributed by atoms with van der Waals surface area (Å²) in [5, 5.41) is 2.13. The Bertz CT molecular complexity index is 1060. The van der Waals surface area contributed by atoms with Crippen LogP contribution in [0.2, 0.25) is 0 Å². The number of morpholine rings is 1. The van der Waals surface area contributed by atoms with Gasteiger partial charge in [-0.05, 0) is 63.3 Å². The largest absolute Gasteiger partial charge is 0.379 e. The second kappa shape index (κ2) is 9.60. The van der Waals surface area contributed by atoms with Gasteiger partial charge in [-0.15, -0.1) is 11.3 Å². The van der Waals surface area contributed by atoms with Gasteiger partial charge < -0.3 is 9.30 Å². The molecule has 0 N–H and O–H groups in total. The highest BCUT2D eigenvalue weighted by Gasteiger charge is 2.26. The van der Waals surface area contributed by atoms with Gasteiger partial charge in [0.1, 0.15) is 0 Å². The van der Waals surface area contributed by atoms with Crippen LogP contribution in [0.5, 0.6) is 0 Å². The van der Waals surface area contributed by atoms with Gasteiger partial charge in [-0.1, -0.05) is 11.6 Å². The number of hydrogen-bond donors (Lipinski definition) is 0. The van der Waals surface area contributed by atoms with E-state index in [0.717, 1.165) is 23.5 Å². The summed E-state index contributed by atoms with van der Waals surface area (Å²) in [5.74, 6) is 0. The van der Waals surface area contributed by atoms with Crippen LogP contribution in [0, 0.1) is 6.92 Å². The summed E-state index contributed by atoms with van der Waals surface area (Å²) >= 11 is 1.63. The molecule has 6 nitrogen and oxygen atoms in total. The second-order valence-corrected chi connectivity index (χ2v) is 10.6. The number of aryl methyl sites for hydroxylation is 1. The average Bonchev–Trinajstić information content (AvgIpc) is 3.13. The van der Waals surface area contributed by atoms with Crippen molar-refractivity contribution in [3.8, 4) is 0 Å². The molecule has 30 heavy (non-hydrogen) atoms. The van der Waals surface area contributed by atoms with E-state index < -0.39 is 10.0 Å². The van der Waals surface area contributed by atoms with Crippen molar-refractivity contribution in [1.29, 1.82) is 0 Å². The molecule has 1 aliphatic carbocycles. The van der Waals surface area contributed by atoms with Gasteiger partial charge in [-0.2, -0.15) is 4.31 Å². The fourth-order valence-corrected chi connectivity index (χ4v) is 6.23. The zero-order valence-electron chi connectivity index (χ0n) is 17.4. The Morgan fingerprint density at radius 1 is 1.13 bits per heavy atom. The second-order valence-electron chi connectivity index (χ2n) is 7.79. The van der Waals surface area contributed by atoms with Crippen molar-refractivity contribution in [2.75, 3.05) is 26.3 Å². The first-order valence-corrected chi connectivity index (χ1v) is 12.9. The summed E-state index contributed by atoms with van der Waals surface area (Å²) in [6.07, 6.45) is 8.51. The molecule has 0 atom stereocenters. The molecule has 2 heterocycles. The normalized spacial score (nSPS) is 19.1. The maximum absolute atomic E-state index is 12.8. The lowest BCUT2D eigenvalue weighted by atomic mass is 9.97. The number of sulfonamides is 1. The third-order valence-corrected chi connectivity index (χ3v) is 8.60. The van der Waals surface area contributed by atoms with E-state index in [1.165, 1.54) is 35.7 Å². The van der Waals surface area contributed by atoms with E-state index >= 15 is 0 Å². The van der Waals surface area contributed by atoms with Crippen molar-refractivity contribution in [2.45, 2.75) is 50.5 Å².